The van der Waals surface area contributed by atoms with Gasteiger partial charge < -0.3 is 21.3 Å². The molecule has 0 spiro atoms. The summed E-state index contributed by atoms with van der Waals surface area (Å²) in [5, 5.41) is 5.36. The molecule has 1 saturated heterocycles. The van der Waals surface area contributed by atoms with Gasteiger partial charge in [0.2, 0.25) is 5.91 Å². The van der Waals surface area contributed by atoms with E-state index in [1.807, 2.05) is 30.3 Å². The van der Waals surface area contributed by atoms with Crippen LogP contribution >= 0.6 is 0 Å². The van der Waals surface area contributed by atoms with Crippen LogP contribution in [0.3, 0.4) is 0 Å². The van der Waals surface area contributed by atoms with Crippen molar-refractivity contribution in [2.45, 2.75) is 17.4 Å². The summed E-state index contributed by atoms with van der Waals surface area (Å²) in [6.07, 6.45) is 0.480. The number of fused-ring (bicyclic) bond motifs is 1. The number of benzene rings is 3. The van der Waals surface area contributed by atoms with Gasteiger partial charge in [0.05, 0.1) is 24.0 Å². The number of carbonyl (C=O) groups is 3. The first-order valence-corrected chi connectivity index (χ1v) is 13.1. The van der Waals surface area contributed by atoms with E-state index in [-0.39, 0.29) is 29.8 Å². The first kappa shape index (κ1) is 24.5. The summed E-state index contributed by atoms with van der Waals surface area (Å²) in [4.78, 5) is 38.7. The zero-order valence-electron chi connectivity index (χ0n) is 19.8. The minimum Gasteiger partial charge on any atom is -0.328 e. The highest BCUT2D eigenvalue weighted by Crippen LogP contribution is 2.33. The van der Waals surface area contributed by atoms with Crippen LogP contribution in [-0.4, -0.2) is 50.2 Å². The van der Waals surface area contributed by atoms with Gasteiger partial charge in [0.25, 0.3) is 15.9 Å². The van der Waals surface area contributed by atoms with Gasteiger partial charge in [-0.25, -0.2) is 17.5 Å². The van der Waals surface area contributed by atoms with Crippen molar-refractivity contribution in [3.63, 3.8) is 0 Å². The Morgan fingerprint density at radius 2 is 1.76 bits per heavy atom. The van der Waals surface area contributed by atoms with Crippen molar-refractivity contribution in [1.29, 1.82) is 0 Å². The lowest BCUT2D eigenvalue weighted by Crippen LogP contribution is -2.34. The van der Waals surface area contributed by atoms with Gasteiger partial charge in [-0.3, -0.25) is 9.59 Å². The van der Waals surface area contributed by atoms with Gasteiger partial charge in [-0.15, -0.1) is 0 Å². The van der Waals surface area contributed by atoms with Gasteiger partial charge in [-0.1, -0.05) is 30.3 Å². The maximum atomic E-state index is 13.3. The van der Waals surface area contributed by atoms with Gasteiger partial charge >= 0.3 is 6.03 Å². The summed E-state index contributed by atoms with van der Waals surface area (Å²) in [6, 6.07) is 19.1. The molecule has 11 heteroatoms. The monoisotopic (exact) mass is 519 g/mol. The minimum atomic E-state index is -4.08. The lowest BCUT2D eigenvalue weighted by molar-refractivity contribution is -0.114. The van der Waals surface area contributed by atoms with Crippen LogP contribution in [0.15, 0.2) is 77.7 Å². The number of rotatable bonds is 6. The quantitative estimate of drug-likeness (QED) is 0.456. The van der Waals surface area contributed by atoms with Crippen LogP contribution in [-0.2, 0) is 21.2 Å². The Labute approximate surface area is 214 Å². The number of nitrogens with two attached hydrogens (primary N) is 1. The van der Waals surface area contributed by atoms with Crippen LogP contribution in [0.2, 0.25) is 0 Å². The summed E-state index contributed by atoms with van der Waals surface area (Å²) >= 11 is 0. The van der Waals surface area contributed by atoms with E-state index in [0.29, 0.717) is 35.5 Å². The highest BCUT2D eigenvalue weighted by atomic mass is 32.2. The molecule has 5 rings (SSSR count). The van der Waals surface area contributed by atoms with Crippen LogP contribution in [0.25, 0.3) is 0 Å². The fraction of sp³-hybridized carbons (Fsp3) is 0.192. The van der Waals surface area contributed by atoms with E-state index in [4.69, 9.17) is 5.73 Å². The number of nitrogens with zero attached hydrogens (tertiary/aromatic N) is 2. The molecule has 3 aromatic carbocycles. The second kappa shape index (κ2) is 9.68. The average molecular weight is 520 g/mol. The molecule has 1 fully saturated rings. The standard InChI is InChI=1S/C26H25N5O5S/c27-15-24(32)28-20-8-6-18(7-9-20)25(33)30-13-12-19-14-21(10-11-23(19)30)37(35,36)31-16-22(29-26(31)34)17-4-2-1-3-5-17/h1-11,14,22H,12-13,15-16,27H2,(H,28,32)(H,29,34). The zero-order valence-corrected chi connectivity index (χ0v) is 20.6. The average Bonchev–Trinajstić information content (AvgIpc) is 3.53. The predicted octanol–water partition coefficient (Wildman–Crippen LogP) is 2.24. The number of hydrogen-bond donors (Lipinski definition) is 3. The van der Waals surface area contributed by atoms with E-state index in [0.717, 1.165) is 9.87 Å². The third-order valence-electron chi connectivity index (χ3n) is 6.46. The molecule has 1 atom stereocenters. The minimum absolute atomic E-state index is 0.00408. The second-order valence-corrected chi connectivity index (χ2v) is 10.6. The highest BCUT2D eigenvalue weighted by Gasteiger charge is 2.39. The number of nitrogens with one attached hydrogen (secondary N) is 2. The van der Waals surface area contributed by atoms with Gasteiger partial charge in [0, 0.05) is 23.5 Å². The van der Waals surface area contributed by atoms with Gasteiger partial charge in [0.15, 0.2) is 0 Å². The number of sulfonamides is 1. The van der Waals surface area contributed by atoms with Crippen LogP contribution in [0.5, 0.6) is 0 Å². The third-order valence-corrected chi connectivity index (χ3v) is 8.20. The summed E-state index contributed by atoms with van der Waals surface area (Å²) in [5.74, 6) is -0.573. The molecule has 0 radical (unpaired) electrons. The molecule has 10 nitrogen and oxygen atoms in total. The molecule has 3 aromatic rings. The summed E-state index contributed by atoms with van der Waals surface area (Å²) in [7, 11) is -4.08. The van der Waals surface area contributed by atoms with Gasteiger partial charge in [0.1, 0.15) is 0 Å². The Hall–Kier alpha value is -4.22. The number of amides is 4. The van der Waals surface area contributed by atoms with E-state index < -0.39 is 22.1 Å². The molecule has 0 bridgehead atoms. The van der Waals surface area contributed by atoms with Gasteiger partial charge in [-0.05, 0) is 60.0 Å². The first-order valence-electron chi connectivity index (χ1n) is 11.7. The molecule has 0 aromatic heterocycles. The molecule has 0 saturated carbocycles. The van der Waals surface area contributed by atoms with Crippen molar-refractivity contribution < 1.29 is 22.8 Å². The smallest absolute Gasteiger partial charge is 0.328 e. The van der Waals surface area contributed by atoms with Crippen molar-refractivity contribution in [3.8, 4) is 0 Å². The molecule has 1 unspecified atom stereocenters. The fourth-order valence-electron chi connectivity index (χ4n) is 4.54. The van der Waals surface area contributed by atoms with Crippen molar-refractivity contribution >= 4 is 39.2 Å². The number of urea groups is 1. The maximum absolute atomic E-state index is 13.3. The summed E-state index contributed by atoms with van der Waals surface area (Å²) in [5.41, 5.74) is 8.42. The van der Waals surface area contributed by atoms with E-state index in [1.165, 1.54) is 12.1 Å². The molecule has 2 aliphatic heterocycles. The van der Waals surface area contributed by atoms with E-state index in [9.17, 15) is 22.8 Å². The Balaban J connectivity index is 1.33. The SMILES string of the molecule is NCC(=O)Nc1ccc(C(=O)N2CCc3cc(S(=O)(=O)N4CC(c5ccccc5)NC4=O)ccc32)cc1. The zero-order chi connectivity index (χ0) is 26.2. The molecule has 190 valence electrons. The largest absolute Gasteiger partial charge is 0.331 e. The normalized spacial score (nSPS) is 16.9. The first-order chi connectivity index (χ1) is 17.8. The van der Waals surface area contributed by atoms with Crippen LogP contribution in [0.1, 0.15) is 27.5 Å². The topological polar surface area (TPSA) is 142 Å². The number of carbonyl (C=O) groups excluding carboxylic acids is 3. The molecule has 4 amide bonds. The number of anilines is 2. The van der Waals surface area contributed by atoms with Crippen molar-refractivity contribution in [2.75, 3.05) is 29.9 Å². The third kappa shape index (κ3) is 4.66. The highest BCUT2D eigenvalue weighted by molar-refractivity contribution is 7.89. The Kier molecular flexibility index (Phi) is 6.40. The lowest BCUT2D eigenvalue weighted by atomic mass is 10.1. The molecule has 37 heavy (non-hydrogen) atoms. The van der Waals surface area contributed by atoms with Crippen LogP contribution in [0, 0.1) is 0 Å². The lowest BCUT2D eigenvalue weighted by Gasteiger charge is -2.19. The maximum Gasteiger partial charge on any atom is 0.331 e. The molecule has 0 aliphatic carbocycles. The molecule has 4 N–H and O–H groups in total. The van der Waals surface area contributed by atoms with Crippen molar-refractivity contribution in [1.82, 2.24) is 9.62 Å². The molecule has 2 heterocycles. The van der Waals surface area contributed by atoms with Crippen molar-refractivity contribution in [2.24, 2.45) is 5.73 Å². The second-order valence-electron chi connectivity index (χ2n) is 8.78. The Morgan fingerprint density at radius 1 is 1.03 bits per heavy atom. The fourth-order valence-corrected chi connectivity index (χ4v) is 5.94. The van der Waals surface area contributed by atoms with Gasteiger partial charge in [-0.2, -0.15) is 0 Å². The van der Waals surface area contributed by atoms with E-state index in [2.05, 4.69) is 10.6 Å². The summed E-state index contributed by atoms with van der Waals surface area (Å²) < 4.78 is 27.5. The summed E-state index contributed by atoms with van der Waals surface area (Å²) in [6.45, 7) is 0.247. The molecular formula is C26H25N5O5S. The molecule has 2 aliphatic rings. The Morgan fingerprint density at radius 3 is 2.46 bits per heavy atom. The van der Waals surface area contributed by atoms with E-state index >= 15 is 0 Å². The Bertz CT molecular complexity index is 1470. The molecular weight excluding hydrogens is 494 g/mol. The van der Waals surface area contributed by atoms with E-state index in [1.54, 1.807) is 35.2 Å². The number of hydrogen-bond acceptors (Lipinski definition) is 6. The predicted molar refractivity (Wildman–Crippen MR) is 138 cm³/mol. The van der Waals surface area contributed by atoms with Crippen LogP contribution < -0.4 is 21.3 Å². The van der Waals surface area contributed by atoms with Crippen LogP contribution in [0.4, 0.5) is 16.2 Å². The van der Waals surface area contributed by atoms with Crippen molar-refractivity contribution in [3.05, 3.63) is 89.5 Å².